The van der Waals surface area contributed by atoms with Crippen molar-refractivity contribution in [1.29, 1.82) is 0 Å². The van der Waals surface area contributed by atoms with Crippen LogP contribution in [0.15, 0.2) is 95.5 Å². The molecule has 9 nitrogen and oxygen atoms in total. The molecule has 0 aliphatic rings. The zero-order valence-corrected chi connectivity index (χ0v) is 27.3. The Balaban J connectivity index is 1.54. The van der Waals surface area contributed by atoms with Crippen LogP contribution < -0.4 is 30.2 Å². The topological polar surface area (TPSA) is 115 Å². The van der Waals surface area contributed by atoms with E-state index in [4.69, 9.17) is 25.8 Å². The van der Waals surface area contributed by atoms with E-state index in [1.807, 2.05) is 0 Å². The number of anilines is 2. The van der Waals surface area contributed by atoms with E-state index < -0.39 is 35.1 Å². The van der Waals surface area contributed by atoms with Crippen LogP contribution in [-0.4, -0.2) is 44.8 Å². The molecule has 4 rings (SSSR count). The van der Waals surface area contributed by atoms with Gasteiger partial charge in [-0.15, -0.1) is 11.8 Å². The highest BCUT2D eigenvalue weighted by Crippen LogP contribution is 2.37. The molecule has 250 valence electrons. The molecule has 48 heavy (non-hydrogen) atoms. The molecule has 0 radical (unpaired) electrons. The molecule has 0 heterocycles. The highest BCUT2D eigenvalue weighted by Gasteiger charge is 2.34. The number of carbonyl (C=O) groups excluding carboxylic acids is 3. The van der Waals surface area contributed by atoms with Gasteiger partial charge in [0.05, 0.1) is 38.3 Å². The number of benzene rings is 4. The Morgan fingerprint density at radius 3 is 2.17 bits per heavy atom. The molecule has 3 amide bonds. The lowest BCUT2D eigenvalue weighted by Gasteiger charge is -2.15. The number of nitrogens with one attached hydrogen (secondary N) is 3. The maximum absolute atomic E-state index is 13.6. The van der Waals surface area contributed by atoms with E-state index in [0.29, 0.717) is 39.0 Å². The van der Waals surface area contributed by atoms with Gasteiger partial charge in [0.25, 0.3) is 11.8 Å². The minimum atomic E-state index is -4.72. The van der Waals surface area contributed by atoms with Crippen molar-refractivity contribution >= 4 is 58.5 Å². The van der Waals surface area contributed by atoms with Crippen molar-refractivity contribution in [2.75, 3.05) is 37.7 Å². The largest absolute Gasteiger partial charge is 0.496 e. The molecule has 0 spiro atoms. The fraction of sp³-hybridized carbons (Fsp3) is 0.147. The quantitative estimate of drug-likeness (QED) is 0.104. The van der Waals surface area contributed by atoms with Crippen molar-refractivity contribution in [2.24, 2.45) is 0 Å². The van der Waals surface area contributed by atoms with Gasteiger partial charge in [0.1, 0.15) is 11.4 Å². The maximum Gasteiger partial charge on any atom is 0.418 e. The normalized spacial score (nSPS) is 11.4. The van der Waals surface area contributed by atoms with Crippen LogP contribution in [0.3, 0.4) is 0 Å². The molecule has 14 heteroatoms. The van der Waals surface area contributed by atoms with Gasteiger partial charge in [-0.3, -0.25) is 14.4 Å². The molecule has 0 aliphatic carbocycles. The van der Waals surface area contributed by atoms with Gasteiger partial charge < -0.3 is 30.2 Å². The van der Waals surface area contributed by atoms with Gasteiger partial charge in [0.2, 0.25) is 5.91 Å². The van der Waals surface area contributed by atoms with Gasteiger partial charge in [-0.25, -0.2) is 0 Å². The minimum Gasteiger partial charge on any atom is -0.496 e. The van der Waals surface area contributed by atoms with E-state index >= 15 is 0 Å². The summed E-state index contributed by atoms with van der Waals surface area (Å²) in [5.74, 6) is -1.04. The van der Waals surface area contributed by atoms with Crippen molar-refractivity contribution in [2.45, 2.75) is 11.1 Å². The molecular formula is C34H29ClF3N3O6S. The summed E-state index contributed by atoms with van der Waals surface area (Å²) >= 11 is 6.75. The number of amides is 3. The second-order valence-electron chi connectivity index (χ2n) is 9.83. The van der Waals surface area contributed by atoms with Gasteiger partial charge in [-0.1, -0.05) is 35.9 Å². The predicted octanol–water partition coefficient (Wildman–Crippen LogP) is 7.53. The number of ether oxygens (including phenoxy) is 3. The van der Waals surface area contributed by atoms with Crippen LogP contribution in [0.25, 0.3) is 6.08 Å². The average Bonchev–Trinajstić information content (AvgIpc) is 3.07. The zero-order valence-electron chi connectivity index (χ0n) is 25.7. The number of rotatable bonds is 12. The van der Waals surface area contributed by atoms with Crippen molar-refractivity contribution in [3.8, 4) is 17.2 Å². The lowest BCUT2D eigenvalue weighted by molar-refractivity contribution is -0.137. The van der Waals surface area contributed by atoms with E-state index in [1.165, 1.54) is 33.5 Å². The third-order valence-electron chi connectivity index (χ3n) is 6.59. The maximum atomic E-state index is 13.6. The summed E-state index contributed by atoms with van der Waals surface area (Å²) in [4.78, 5) is 39.8. The number of thioether (sulfide) groups is 1. The molecule has 0 aliphatic heterocycles. The monoisotopic (exact) mass is 699 g/mol. The van der Waals surface area contributed by atoms with Gasteiger partial charge in [-0.2, -0.15) is 13.2 Å². The van der Waals surface area contributed by atoms with E-state index in [0.717, 1.165) is 23.9 Å². The summed E-state index contributed by atoms with van der Waals surface area (Å²) in [6.45, 7) is 0. The molecular weight excluding hydrogens is 671 g/mol. The Bertz CT molecular complexity index is 1840. The molecule has 0 saturated heterocycles. The summed E-state index contributed by atoms with van der Waals surface area (Å²) < 4.78 is 56.5. The van der Waals surface area contributed by atoms with Crippen LogP contribution in [-0.2, 0) is 15.8 Å². The molecule has 4 aromatic rings. The third kappa shape index (κ3) is 9.46. The molecule has 3 N–H and O–H groups in total. The second-order valence-corrected chi connectivity index (χ2v) is 11.3. The first-order valence-corrected chi connectivity index (χ1v) is 15.4. The summed E-state index contributed by atoms with van der Waals surface area (Å²) in [5, 5.41) is 7.54. The van der Waals surface area contributed by atoms with Crippen LogP contribution in [0.4, 0.5) is 24.5 Å². The van der Waals surface area contributed by atoms with Crippen LogP contribution in [0.5, 0.6) is 17.2 Å². The van der Waals surface area contributed by atoms with E-state index in [1.54, 1.807) is 66.7 Å². The molecule has 0 aromatic heterocycles. The van der Waals surface area contributed by atoms with Gasteiger partial charge in [-0.05, 0) is 60.7 Å². The minimum absolute atomic E-state index is 0.117. The van der Waals surface area contributed by atoms with Gasteiger partial charge in [0, 0.05) is 32.8 Å². The summed E-state index contributed by atoms with van der Waals surface area (Å²) in [7, 11) is 4.36. The van der Waals surface area contributed by atoms with Crippen LogP contribution in [0.2, 0.25) is 5.02 Å². The fourth-order valence-corrected chi connectivity index (χ4v) is 5.25. The van der Waals surface area contributed by atoms with E-state index in [2.05, 4.69) is 16.0 Å². The van der Waals surface area contributed by atoms with Crippen molar-refractivity contribution in [1.82, 2.24) is 5.32 Å². The van der Waals surface area contributed by atoms with Gasteiger partial charge in [0.15, 0.2) is 11.5 Å². The molecule has 0 fully saturated rings. The van der Waals surface area contributed by atoms with Crippen LogP contribution in [0.1, 0.15) is 21.5 Å². The van der Waals surface area contributed by atoms with Crippen molar-refractivity contribution < 1.29 is 41.8 Å². The molecule has 0 bridgehead atoms. The molecule has 0 unspecified atom stereocenters. The average molecular weight is 700 g/mol. The van der Waals surface area contributed by atoms with Crippen LogP contribution >= 0.6 is 23.4 Å². The number of halogens is 4. The fourth-order valence-electron chi connectivity index (χ4n) is 4.32. The van der Waals surface area contributed by atoms with Crippen LogP contribution in [0, 0.1) is 0 Å². The number of hydrogen-bond donors (Lipinski definition) is 3. The highest BCUT2D eigenvalue weighted by molar-refractivity contribution is 8.00. The predicted molar refractivity (Wildman–Crippen MR) is 179 cm³/mol. The highest BCUT2D eigenvalue weighted by atomic mass is 35.5. The lowest BCUT2D eigenvalue weighted by Crippen LogP contribution is -2.30. The summed E-state index contributed by atoms with van der Waals surface area (Å²) in [5.41, 5.74) is -0.572. The first-order chi connectivity index (χ1) is 22.9. The number of hydrogen-bond acceptors (Lipinski definition) is 7. The van der Waals surface area contributed by atoms with Crippen molar-refractivity contribution in [3.05, 3.63) is 112 Å². The number of alkyl halides is 3. The first-order valence-electron chi connectivity index (χ1n) is 14.0. The molecule has 4 aromatic carbocycles. The van der Waals surface area contributed by atoms with E-state index in [-0.39, 0.29) is 16.5 Å². The summed E-state index contributed by atoms with van der Waals surface area (Å²) in [6.07, 6.45) is -3.29. The molecule has 0 atom stereocenters. The Hall–Kier alpha value is -5.14. The smallest absolute Gasteiger partial charge is 0.418 e. The van der Waals surface area contributed by atoms with Gasteiger partial charge >= 0.3 is 6.18 Å². The zero-order chi connectivity index (χ0) is 34.8. The Kier molecular flexibility index (Phi) is 12.0. The van der Waals surface area contributed by atoms with E-state index in [9.17, 15) is 27.6 Å². The number of methoxy groups -OCH3 is 3. The number of carbonyl (C=O) groups is 3. The van der Waals surface area contributed by atoms with Crippen molar-refractivity contribution in [3.63, 3.8) is 0 Å². The summed E-state index contributed by atoms with van der Waals surface area (Å²) in [6, 6.07) is 21.0. The lowest BCUT2D eigenvalue weighted by atomic mass is 10.1. The Labute approximate surface area is 283 Å². The SMILES string of the molecule is COc1cc(OC)c(OC)cc1/C=C(/NC(=O)c1ccccc1)C(=O)Nc1cccc(SCC(=O)Nc2ccc(Cl)cc2C(F)(F)F)c1. The molecule has 0 saturated carbocycles. The Morgan fingerprint density at radius 1 is 0.812 bits per heavy atom. The first kappa shape index (κ1) is 35.7. The Morgan fingerprint density at radius 2 is 1.50 bits per heavy atom. The standard InChI is InChI=1S/C34H29ClF3N3O6S/c1-45-28-18-30(47-3)29(46-2)15-21(28)14-27(41-32(43)20-8-5-4-6-9-20)33(44)39-23-10-7-11-24(17-23)48-19-31(42)40-26-13-12-22(35)16-25(26)34(36,37)38/h4-18H,19H2,1-3H3,(H,39,44)(H,40,42)(H,41,43)/b27-14+. The second kappa shape index (κ2) is 16.1. The third-order valence-corrected chi connectivity index (χ3v) is 7.82.